The van der Waals surface area contributed by atoms with Gasteiger partial charge in [0.15, 0.2) is 5.65 Å². The van der Waals surface area contributed by atoms with Crippen LogP contribution in [0.25, 0.3) is 11.0 Å². The van der Waals surface area contributed by atoms with Crippen LogP contribution in [0.1, 0.15) is 38.7 Å². The van der Waals surface area contributed by atoms with Crippen molar-refractivity contribution in [3.63, 3.8) is 0 Å². The summed E-state index contributed by atoms with van der Waals surface area (Å²) in [6.07, 6.45) is 8.76. The lowest BCUT2D eigenvalue weighted by atomic mass is 10.2. The lowest BCUT2D eigenvalue weighted by Crippen LogP contribution is -2.45. The van der Waals surface area contributed by atoms with E-state index >= 15 is 0 Å². The number of rotatable bonds is 14. The summed E-state index contributed by atoms with van der Waals surface area (Å²) in [5, 5.41) is 17.0. The van der Waals surface area contributed by atoms with Gasteiger partial charge in [-0.05, 0) is 39.9 Å². The molecule has 0 saturated heterocycles. The van der Waals surface area contributed by atoms with Crippen LogP contribution in [0.15, 0.2) is 30.6 Å². The van der Waals surface area contributed by atoms with Crippen LogP contribution in [0.3, 0.4) is 0 Å². The summed E-state index contributed by atoms with van der Waals surface area (Å²) in [5.74, 6) is 7.35. The molecular weight excluding hydrogens is 536 g/mol. The third-order valence-electron chi connectivity index (χ3n) is 6.20. The first kappa shape index (κ1) is 31.8. The van der Waals surface area contributed by atoms with E-state index in [0.717, 1.165) is 18.4 Å². The van der Waals surface area contributed by atoms with Gasteiger partial charge in [-0.1, -0.05) is 24.8 Å². The van der Waals surface area contributed by atoms with Crippen molar-refractivity contribution >= 4 is 40.3 Å². The number of anilines is 3. The molecule has 3 heterocycles. The summed E-state index contributed by atoms with van der Waals surface area (Å²) in [7, 11) is 7.02. The largest absolute Gasteiger partial charge is 0.479 e. The fourth-order valence-electron chi connectivity index (χ4n) is 3.69. The predicted molar refractivity (Wildman–Crippen MR) is 164 cm³/mol. The van der Waals surface area contributed by atoms with Crippen molar-refractivity contribution in [3.8, 4) is 17.7 Å². The topological polar surface area (TPSA) is 153 Å². The molecule has 0 aliphatic rings. The number of H-pyrrole nitrogens is 1. The third-order valence-corrected chi connectivity index (χ3v) is 6.20. The van der Waals surface area contributed by atoms with E-state index in [9.17, 15) is 9.59 Å². The molecule has 0 fully saturated rings. The minimum atomic E-state index is -0.580. The van der Waals surface area contributed by atoms with Crippen LogP contribution in [0.5, 0.6) is 5.88 Å². The monoisotopic (exact) mass is 576 g/mol. The SMILES string of the molecule is CCCNc1nc(Nc2cnc3[nH]nc(OC)c3c2)ncc1C#CCCCNC(=O)[C@H](C)N(C)C(=O)/C=C/CN(C)C. The lowest BCUT2D eigenvalue weighted by Gasteiger charge is -2.23. The van der Waals surface area contributed by atoms with Crippen LogP contribution in [0.2, 0.25) is 0 Å². The van der Waals surface area contributed by atoms with Crippen LogP contribution >= 0.6 is 0 Å². The molecule has 0 saturated carbocycles. The molecule has 0 aliphatic carbocycles. The number of carbonyl (C=O) groups excluding carboxylic acids is 2. The Labute approximate surface area is 246 Å². The maximum absolute atomic E-state index is 12.5. The third kappa shape index (κ3) is 9.17. The number of hydrogen-bond acceptors (Lipinski definition) is 10. The van der Waals surface area contributed by atoms with E-state index in [1.807, 2.05) is 25.1 Å². The van der Waals surface area contributed by atoms with Gasteiger partial charge in [-0.25, -0.2) is 9.97 Å². The highest BCUT2D eigenvalue weighted by Crippen LogP contribution is 2.25. The second kappa shape index (κ2) is 15.9. The summed E-state index contributed by atoms with van der Waals surface area (Å²) in [4.78, 5) is 41.5. The molecule has 13 heteroatoms. The molecule has 0 radical (unpaired) electrons. The number of carbonyl (C=O) groups is 2. The number of nitrogens with one attached hydrogen (secondary N) is 4. The smallest absolute Gasteiger partial charge is 0.246 e. The Balaban J connectivity index is 1.54. The van der Waals surface area contributed by atoms with Gasteiger partial charge >= 0.3 is 0 Å². The molecule has 0 unspecified atom stereocenters. The first-order valence-corrected chi connectivity index (χ1v) is 13.8. The maximum Gasteiger partial charge on any atom is 0.246 e. The van der Waals surface area contributed by atoms with Crippen molar-refractivity contribution in [1.82, 2.24) is 40.3 Å². The molecule has 4 N–H and O–H groups in total. The first-order chi connectivity index (χ1) is 20.2. The quantitative estimate of drug-likeness (QED) is 0.128. The van der Waals surface area contributed by atoms with Crippen LogP contribution in [0.4, 0.5) is 17.5 Å². The zero-order valence-corrected chi connectivity index (χ0v) is 25.1. The number of aromatic nitrogens is 5. The van der Waals surface area contributed by atoms with E-state index in [1.54, 1.807) is 39.6 Å². The van der Waals surface area contributed by atoms with E-state index in [-0.39, 0.29) is 11.8 Å². The molecule has 0 aromatic carbocycles. The van der Waals surface area contributed by atoms with Crippen LogP contribution < -0.4 is 20.7 Å². The zero-order chi connectivity index (χ0) is 30.5. The summed E-state index contributed by atoms with van der Waals surface area (Å²) >= 11 is 0. The number of nitrogens with zero attached hydrogens (tertiary/aromatic N) is 6. The highest BCUT2D eigenvalue weighted by Gasteiger charge is 2.20. The number of amides is 2. The number of unbranched alkanes of at least 4 members (excludes halogenated alkanes) is 1. The van der Waals surface area contributed by atoms with Crippen LogP contribution in [-0.4, -0.2) is 101 Å². The van der Waals surface area contributed by atoms with E-state index in [1.165, 1.54) is 11.0 Å². The average Bonchev–Trinajstić information content (AvgIpc) is 3.39. The standard InChI is InChI=1S/C29H40N10O3/c1-7-14-30-25-21(18-33-29(35-25)34-22-17-23-26(32-19-22)36-37-28(23)42-6)12-9-8-10-15-31-27(41)20(2)39(5)24(40)13-11-16-38(3)4/h11,13,17-20H,7-8,10,14-16H2,1-6H3,(H,31,41)(H,32,36,37)(H2,30,33,34,35)/b13-11+/t20-/m0/s1. The molecular formula is C29H40N10O3. The van der Waals surface area contributed by atoms with Crippen molar-refractivity contribution < 1.29 is 14.3 Å². The van der Waals surface area contributed by atoms with Gasteiger partial charge in [0.2, 0.25) is 23.6 Å². The van der Waals surface area contributed by atoms with Gasteiger partial charge in [-0.2, -0.15) is 4.98 Å². The van der Waals surface area contributed by atoms with Crippen molar-refractivity contribution in [2.45, 2.75) is 39.2 Å². The highest BCUT2D eigenvalue weighted by atomic mass is 16.5. The first-order valence-electron chi connectivity index (χ1n) is 13.8. The second-order valence-electron chi connectivity index (χ2n) is 9.85. The molecule has 3 rings (SSSR count). The summed E-state index contributed by atoms with van der Waals surface area (Å²) in [6.45, 7) is 5.62. The molecule has 0 bridgehead atoms. The van der Waals surface area contributed by atoms with E-state index in [0.29, 0.717) is 60.5 Å². The molecule has 224 valence electrons. The van der Waals surface area contributed by atoms with Crippen molar-refractivity contribution in [2.24, 2.45) is 0 Å². The Morgan fingerprint density at radius 1 is 1.19 bits per heavy atom. The second-order valence-corrected chi connectivity index (χ2v) is 9.85. The number of pyridine rings is 1. The molecule has 3 aromatic rings. The molecule has 0 aliphatic heterocycles. The van der Waals surface area contributed by atoms with Crippen LogP contribution in [-0.2, 0) is 9.59 Å². The Morgan fingerprint density at radius 3 is 2.74 bits per heavy atom. The number of methoxy groups -OCH3 is 1. The van der Waals surface area contributed by atoms with E-state index < -0.39 is 6.04 Å². The fraction of sp³-hybridized carbons (Fsp3) is 0.448. The number of likely N-dealkylation sites (N-methyl/N-ethyl adjacent to an activating group) is 2. The molecule has 2 amide bonds. The zero-order valence-electron chi connectivity index (χ0n) is 25.1. The van der Waals surface area contributed by atoms with E-state index in [4.69, 9.17) is 4.74 Å². The number of ether oxygens (including phenoxy) is 1. The highest BCUT2D eigenvalue weighted by molar-refractivity contribution is 5.92. The molecule has 0 spiro atoms. The molecule has 3 aromatic heterocycles. The average molecular weight is 577 g/mol. The Bertz CT molecular complexity index is 1440. The van der Waals surface area contributed by atoms with Gasteiger partial charge in [0, 0.05) is 39.2 Å². The van der Waals surface area contributed by atoms with Gasteiger partial charge in [0.05, 0.1) is 36.1 Å². The molecule has 13 nitrogen and oxygen atoms in total. The number of fused-ring (bicyclic) bond motifs is 1. The fourth-order valence-corrected chi connectivity index (χ4v) is 3.69. The van der Waals surface area contributed by atoms with Gasteiger partial charge < -0.3 is 30.5 Å². The summed E-state index contributed by atoms with van der Waals surface area (Å²) in [5.41, 5.74) is 1.99. The Morgan fingerprint density at radius 2 is 2.00 bits per heavy atom. The van der Waals surface area contributed by atoms with E-state index in [2.05, 4.69) is 59.9 Å². The maximum atomic E-state index is 12.5. The minimum absolute atomic E-state index is 0.206. The molecule has 42 heavy (non-hydrogen) atoms. The van der Waals surface area contributed by atoms with Crippen LogP contribution in [0, 0.1) is 11.8 Å². The Hall–Kier alpha value is -4.70. The van der Waals surface area contributed by atoms with Crippen molar-refractivity contribution in [3.05, 3.63) is 36.2 Å². The lowest BCUT2D eigenvalue weighted by molar-refractivity contribution is -0.135. The summed E-state index contributed by atoms with van der Waals surface area (Å²) < 4.78 is 5.27. The van der Waals surface area contributed by atoms with Gasteiger partial charge in [0.25, 0.3) is 0 Å². The number of aromatic amines is 1. The van der Waals surface area contributed by atoms with Crippen molar-refractivity contribution in [1.29, 1.82) is 0 Å². The minimum Gasteiger partial charge on any atom is -0.479 e. The molecule has 1 atom stereocenters. The summed E-state index contributed by atoms with van der Waals surface area (Å²) in [6, 6.07) is 1.28. The van der Waals surface area contributed by atoms with Gasteiger partial charge in [-0.3, -0.25) is 14.7 Å². The normalized spacial score (nSPS) is 11.7. The van der Waals surface area contributed by atoms with Gasteiger partial charge in [-0.15, -0.1) is 5.10 Å². The number of hydrogen-bond donors (Lipinski definition) is 4. The predicted octanol–water partition coefficient (Wildman–Crippen LogP) is 2.53. The Kier molecular flexibility index (Phi) is 12.1. The van der Waals surface area contributed by atoms with Crippen molar-refractivity contribution in [2.75, 3.05) is 58.5 Å². The van der Waals surface area contributed by atoms with Gasteiger partial charge in [0.1, 0.15) is 11.9 Å².